The fourth-order valence-electron chi connectivity index (χ4n) is 1.95. The van der Waals surface area contributed by atoms with E-state index in [2.05, 4.69) is 20.6 Å². The van der Waals surface area contributed by atoms with E-state index in [1.54, 1.807) is 12.4 Å². The lowest BCUT2D eigenvalue weighted by Crippen LogP contribution is -2.05. The maximum Gasteiger partial charge on any atom is 0.221 e. The van der Waals surface area contributed by atoms with Gasteiger partial charge >= 0.3 is 0 Å². The van der Waals surface area contributed by atoms with Crippen LogP contribution in [-0.4, -0.2) is 15.9 Å². The normalized spacial score (nSPS) is 10.2. The first kappa shape index (κ1) is 14.2. The van der Waals surface area contributed by atoms with Gasteiger partial charge in [0.15, 0.2) is 5.13 Å². The molecule has 3 aromatic rings. The standard InChI is InChI=1S/C16H14N4OS/c1-11(21)18-13-6-4-12(5-7-13)15-10-22-16(20-15)19-14-3-2-8-17-9-14/h2-10H,1H3,(H,18,21)(H,19,20). The third-order valence-corrected chi connectivity index (χ3v) is 3.68. The summed E-state index contributed by atoms with van der Waals surface area (Å²) in [6, 6.07) is 11.4. The molecular weight excluding hydrogens is 296 g/mol. The summed E-state index contributed by atoms with van der Waals surface area (Å²) >= 11 is 1.53. The van der Waals surface area contributed by atoms with Crippen LogP contribution in [0.15, 0.2) is 54.2 Å². The van der Waals surface area contributed by atoms with Crippen LogP contribution in [0, 0.1) is 0 Å². The zero-order valence-electron chi connectivity index (χ0n) is 11.9. The molecule has 0 radical (unpaired) electrons. The van der Waals surface area contributed by atoms with Crippen molar-refractivity contribution in [1.82, 2.24) is 9.97 Å². The average Bonchev–Trinajstić information content (AvgIpc) is 2.97. The lowest BCUT2D eigenvalue weighted by Gasteiger charge is -2.03. The number of pyridine rings is 1. The van der Waals surface area contributed by atoms with E-state index in [-0.39, 0.29) is 5.91 Å². The molecule has 0 unspecified atom stereocenters. The second-order valence-electron chi connectivity index (χ2n) is 4.66. The van der Waals surface area contributed by atoms with Crippen molar-refractivity contribution in [2.75, 3.05) is 10.6 Å². The highest BCUT2D eigenvalue weighted by atomic mass is 32.1. The smallest absolute Gasteiger partial charge is 0.221 e. The van der Waals surface area contributed by atoms with Crippen molar-refractivity contribution in [2.45, 2.75) is 6.92 Å². The quantitative estimate of drug-likeness (QED) is 0.767. The number of nitrogens with zero attached hydrogens (tertiary/aromatic N) is 2. The van der Waals surface area contributed by atoms with Crippen molar-refractivity contribution in [3.63, 3.8) is 0 Å². The molecule has 22 heavy (non-hydrogen) atoms. The number of anilines is 3. The topological polar surface area (TPSA) is 66.9 Å². The summed E-state index contributed by atoms with van der Waals surface area (Å²) in [4.78, 5) is 19.6. The zero-order valence-corrected chi connectivity index (χ0v) is 12.7. The minimum atomic E-state index is -0.0793. The number of rotatable bonds is 4. The van der Waals surface area contributed by atoms with Gasteiger partial charge in [-0.05, 0) is 24.3 Å². The second kappa shape index (κ2) is 6.36. The van der Waals surface area contributed by atoms with Gasteiger partial charge in [0.25, 0.3) is 0 Å². The fourth-order valence-corrected chi connectivity index (χ4v) is 2.69. The Balaban J connectivity index is 1.74. The van der Waals surface area contributed by atoms with Gasteiger partial charge in [-0.3, -0.25) is 9.78 Å². The van der Waals surface area contributed by atoms with Crippen molar-refractivity contribution in [3.05, 3.63) is 54.2 Å². The Labute approximate surface area is 132 Å². The third kappa shape index (κ3) is 3.48. The molecule has 0 atom stereocenters. The summed E-state index contributed by atoms with van der Waals surface area (Å²) < 4.78 is 0. The summed E-state index contributed by atoms with van der Waals surface area (Å²) in [5.41, 5.74) is 3.58. The molecule has 0 fully saturated rings. The van der Waals surface area contributed by atoms with Crippen molar-refractivity contribution < 1.29 is 4.79 Å². The van der Waals surface area contributed by atoms with E-state index in [4.69, 9.17) is 0 Å². The highest BCUT2D eigenvalue weighted by Crippen LogP contribution is 2.27. The molecule has 0 saturated carbocycles. The van der Waals surface area contributed by atoms with Crippen LogP contribution in [0.3, 0.4) is 0 Å². The first-order valence-corrected chi connectivity index (χ1v) is 7.59. The highest BCUT2D eigenvalue weighted by Gasteiger charge is 2.05. The minimum absolute atomic E-state index is 0.0793. The molecule has 0 aliphatic heterocycles. The molecule has 0 saturated heterocycles. The molecular formula is C16H14N4OS. The minimum Gasteiger partial charge on any atom is -0.330 e. The summed E-state index contributed by atoms with van der Waals surface area (Å²) in [5.74, 6) is -0.0793. The van der Waals surface area contributed by atoms with E-state index in [1.165, 1.54) is 18.3 Å². The highest BCUT2D eigenvalue weighted by molar-refractivity contribution is 7.14. The van der Waals surface area contributed by atoms with Crippen LogP contribution in [0.2, 0.25) is 0 Å². The van der Waals surface area contributed by atoms with Crippen LogP contribution >= 0.6 is 11.3 Å². The predicted octanol–water partition coefficient (Wildman–Crippen LogP) is 3.91. The van der Waals surface area contributed by atoms with Gasteiger partial charge in [-0.2, -0.15) is 0 Å². The third-order valence-electron chi connectivity index (χ3n) is 2.92. The monoisotopic (exact) mass is 310 g/mol. The Bertz CT molecular complexity index is 768. The fraction of sp³-hybridized carbons (Fsp3) is 0.0625. The Morgan fingerprint density at radius 3 is 2.64 bits per heavy atom. The number of aromatic nitrogens is 2. The molecule has 0 bridgehead atoms. The number of amides is 1. The van der Waals surface area contributed by atoms with Gasteiger partial charge in [0, 0.05) is 29.8 Å². The van der Waals surface area contributed by atoms with Gasteiger partial charge in [0.05, 0.1) is 17.6 Å². The molecule has 2 N–H and O–H groups in total. The number of nitrogens with one attached hydrogen (secondary N) is 2. The van der Waals surface area contributed by atoms with Gasteiger partial charge in [-0.1, -0.05) is 12.1 Å². The molecule has 5 nitrogen and oxygen atoms in total. The number of hydrogen-bond acceptors (Lipinski definition) is 5. The second-order valence-corrected chi connectivity index (χ2v) is 5.52. The van der Waals surface area contributed by atoms with Crippen molar-refractivity contribution >= 4 is 33.8 Å². The van der Waals surface area contributed by atoms with Gasteiger partial charge in [0.2, 0.25) is 5.91 Å². The predicted molar refractivity (Wildman–Crippen MR) is 89.4 cm³/mol. The van der Waals surface area contributed by atoms with Gasteiger partial charge in [-0.25, -0.2) is 4.98 Å². The van der Waals surface area contributed by atoms with E-state index in [0.29, 0.717) is 0 Å². The number of carbonyl (C=O) groups excluding carboxylic acids is 1. The molecule has 2 aromatic heterocycles. The van der Waals surface area contributed by atoms with Crippen LogP contribution < -0.4 is 10.6 Å². The number of hydrogen-bond donors (Lipinski definition) is 2. The van der Waals surface area contributed by atoms with Crippen LogP contribution in [0.4, 0.5) is 16.5 Å². The van der Waals surface area contributed by atoms with Gasteiger partial charge < -0.3 is 10.6 Å². The Morgan fingerprint density at radius 1 is 1.14 bits per heavy atom. The first-order valence-electron chi connectivity index (χ1n) is 6.71. The summed E-state index contributed by atoms with van der Waals surface area (Å²) in [6.07, 6.45) is 3.48. The zero-order chi connectivity index (χ0) is 15.4. The maximum absolute atomic E-state index is 11.0. The van der Waals surface area contributed by atoms with E-state index < -0.39 is 0 Å². The molecule has 6 heteroatoms. The van der Waals surface area contributed by atoms with Crippen LogP contribution in [0.5, 0.6) is 0 Å². The van der Waals surface area contributed by atoms with Crippen LogP contribution in [-0.2, 0) is 4.79 Å². The first-order chi connectivity index (χ1) is 10.7. The molecule has 0 aliphatic rings. The molecule has 3 rings (SSSR count). The Hall–Kier alpha value is -2.73. The molecule has 2 heterocycles. The van der Waals surface area contributed by atoms with E-state index >= 15 is 0 Å². The number of benzene rings is 1. The van der Waals surface area contributed by atoms with Crippen LogP contribution in [0.1, 0.15) is 6.92 Å². The average molecular weight is 310 g/mol. The summed E-state index contributed by atoms with van der Waals surface area (Å²) in [7, 11) is 0. The Kier molecular flexibility index (Phi) is 4.11. The van der Waals surface area contributed by atoms with Gasteiger partial charge in [0.1, 0.15) is 0 Å². The summed E-state index contributed by atoms with van der Waals surface area (Å²) in [5, 5.41) is 8.77. The Morgan fingerprint density at radius 2 is 1.95 bits per heavy atom. The molecule has 110 valence electrons. The van der Waals surface area contributed by atoms with E-state index in [0.717, 1.165) is 27.8 Å². The van der Waals surface area contributed by atoms with E-state index in [9.17, 15) is 4.79 Å². The van der Waals surface area contributed by atoms with E-state index in [1.807, 2.05) is 41.8 Å². The largest absolute Gasteiger partial charge is 0.330 e. The molecule has 1 amide bonds. The lowest BCUT2D eigenvalue weighted by atomic mass is 10.1. The SMILES string of the molecule is CC(=O)Nc1ccc(-c2csc(Nc3cccnc3)n2)cc1. The summed E-state index contributed by atoms with van der Waals surface area (Å²) in [6.45, 7) is 1.49. The maximum atomic E-state index is 11.0. The lowest BCUT2D eigenvalue weighted by molar-refractivity contribution is -0.114. The van der Waals surface area contributed by atoms with Crippen molar-refractivity contribution in [2.24, 2.45) is 0 Å². The molecule has 0 spiro atoms. The molecule has 1 aromatic carbocycles. The van der Waals surface area contributed by atoms with Crippen molar-refractivity contribution in [3.8, 4) is 11.3 Å². The van der Waals surface area contributed by atoms with Gasteiger partial charge in [-0.15, -0.1) is 11.3 Å². The van der Waals surface area contributed by atoms with Crippen LogP contribution in [0.25, 0.3) is 11.3 Å². The van der Waals surface area contributed by atoms with Crippen molar-refractivity contribution in [1.29, 1.82) is 0 Å². The number of thiazole rings is 1. The molecule has 0 aliphatic carbocycles. The number of carbonyl (C=O) groups is 1.